The van der Waals surface area contributed by atoms with Crippen LogP contribution >= 0.6 is 11.3 Å². The molecule has 0 saturated heterocycles. The Hall–Kier alpha value is -2.08. The standard InChI is InChI=1S/C17H24N4OS/c1-5-14-10-19-16(23-14)11-20-17(18-2)21(3)12-13-8-6-7-9-15(13)22-4/h6-10H,5,11-12H2,1-4H3,(H,18,20). The Balaban J connectivity index is 1.97. The molecule has 1 aromatic carbocycles. The maximum atomic E-state index is 5.41. The predicted octanol–water partition coefficient (Wildman–Crippen LogP) is 2.92. The molecule has 0 fully saturated rings. The first-order valence-electron chi connectivity index (χ1n) is 7.65. The van der Waals surface area contributed by atoms with Crippen LogP contribution in [-0.2, 0) is 19.5 Å². The summed E-state index contributed by atoms with van der Waals surface area (Å²) >= 11 is 1.74. The number of aliphatic imine (C=N–C) groups is 1. The molecule has 2 aromatic rings. The van der Waals surface area contributed by atoms with Crippen LogP contribution in [-0.4, -0.2) is 37.0 Å². The molecule has 0 radical (unpaired) electrons. The Morgan fingerprint density at radius 1 is 1.39 bits per heavy atom. The lowest BCUT2D eigenvalue weighted by Crippen LogP contribution is -2.38. The van der Waals surface area contributed by atoms with E-state index in [2.05, 4.69) is 33.2 Å². The van der Waals surface area contributed by atoms with E-state index in [0.29, 0.717) is 6.54 Å². The van der Waals surface area contributed by atoms with Crippen molar-refractivity contribution in [2.45, 2.75) is 26.4 Å². The Labute approximate surface area is 142 Å². The Bertz CT molecular complexity index is 654. The van der Waals surface area contributed by atoms with Gasteiger partial charge in [-0.1, -0.05) is 25.1 Å². The third kappa shape index (κ3) is 4.69. The van der Waals surface area contributed by atoms with Gasteiger partial charge in [-0.2, -0.15) is 0 Å². The van der Waals surface area contributed by atoms with Gasteiger partial charge in [-0.25, -0.2) is 4.98 Å². The Kier molecular flexibility index (Phi) is 6.40. The van der Waals surface area contributed by atoms with Crippen molar-refractivity contribution in [3.8, 4) is 5.75 Å². The van der Waals surface area contributed by atoms with E-state index in [4.69, 9.17) is 4.74 Å². The summed E-state index contributed by atoms with van der Waals surface area (Å²) in [4.78, 5) is 12.2. The number of guanidine groups is 1. The number of nitrogens with zero attached hydrogens (tertiary/aromatic N) is 3. The maximum Gasteiger partial charge on any atom is 0.194 e. The SMILES string of the molecule is CCc1cnc(CNC(=NC)N(C)Cc2ccccc2OC)s1. The molecule has 0 unspecified atom stereocenters. The van der Waals surface area contributed by atoms with Crippen LogP contribution in [0, 0.1) is 0 Å². The van der Waals surface area contributed by atoms with Gasteiger partial charge in [0.15, 0.2) is 5.96 Å². The third-order valence-corrected chi connectivity index (χ3v) is 4.66. The van der Waals surface area contributed by atoms with Crippen LogP contribution in [0.25, 0.3) is 0 Å². The molecule has 0 atom stereocenters. The van der Waals surface area contributed by atoms with Crippen LogP contribution in [0.15, 0.2) is 35.5 Å². The fraction of sp³-hybridized carbons (Fsp3) is 0.412. The summed E-state index contributed by atoms with van der Waals surface area (Å²) in [5, 5.41) is 4.44. The van der Waals surface area contributed by atoms with Crippen molar-refractivity contribution >= 4 is 17.3 Å². The van der Waals surface area contributed by atoms with E-state index >= 15 is 0 Å². The van der Waals surface area contributed by atoms with Crippen molar-refractivity contribution in [2.24, 2.45) is 4.99 Å². The van der Waals surface area contributed by atoms with Crippen molar-refractivity contribution < 1.29 is 4.74 Å². The Morgan fingerprint density at radius 3 is 2.83 bits per heavy atom. The number of rotatable bonds is 6. The normalized spacial score (nSPS) is 11.4. The average molecular weight is 332 g/mol. The van der Waals surface area contributed by atoms with Gasteiger partial charge in [-0.3, -0.25) is 4.99 Å². The highest BCUT2D eigenvalue weighted by molar-refractivity contribution is 7.11. The molecule has 0 aliphatic heterocycles. The zero-order valence-corrected chi connectivity index (χ0v) is 15.0. The highest BCUT2D eigenvalue weighted by atomic mass is 32.1. The van der Waals surface area contributed by atoms with Gasteiger partial charge in [-0.15, -0.1) is 11.3 Å². The Morgan fingerprint density at radius 2 is 2.17 bits per heavy atom. The lowest BCUT2D eigenvalue weighted by Gasteiger charge is -2.22. The molecule has 0 bridgehead atoms. The zero-order valence-electron chi connectivity index (χ0n) is 14.2. The van der Waals surface area contributed by atoms with Crippen LogP contribution in [0.4, 0.5) is 0 Å². The van der Waals surface area contributed by atoms with Crippen molar-refractivity contribution in [3.63, 3.8) is 0 Å². The van der Waals surface area contributed by atoms with Crippen molar-refractivity contribution in [2.75, 3.05) is 21.2 Å². The molecule has 2 rings (SSSR count). The average Bonchev–Trinajstić information content (AvgIpc) is 3.04. The van der Waals surface area contributed by atoms with Crippen molar-refractivity contribution in [1.82, 2.24) is 15.2 Å². The number of aryl methyl sites for hydroxylation is 1. The van der Waals surface area contributed by atoms with Crippen molar-refractivity contribution in [3.05, 3.63) is 45.9 Å². The smallest absolute Gasteiger partial charge is 0.194 e. The maximum absolute atomic E-state index is 5.41. The number of benzene rings is 1. The van der Waals surface area contributed by atoms with Crippen LogP contribution in [0.1, 0.15) is 22.4 Å². The molecule has 23 heavy (non-hydrogen) atoms. The first-order chi connectivity index (χ1) is 11.2. The summed E-state index contributed by atoms with van der Waals surface area (Å²) in [5.74, 6) is 1.73. The van der Waals surface area contributed by atoms with Gasteiger partial charge in [0.05, 0.1) is 13.7 Å². The van der Waals surface area contributed by atoms with Crippen LogP contribution in [0.2, 0.25) is 0 Å². The molecule has 0 aliphatic rings. The van der Waals surface area contributed by atoms with Crippen LogP contribution in [0.5, 0.6) is 5.75 Å². The first-order valence-corrected chi connectivity index (χ1v) is 8.46. The molecule has 1 aromatic heterocycles. The second-order valence-corrected chi connectivity index (χ2v) is 6.34. The zero-order chi connectivity index (χ0) is 16.7. The minimum atomic E-state index is 0.688. The molecule has 0 amide bonds. The van der Waals surface area contributed by atoms with E-state index in [-0.39, 0.29) is 0 Å². The third-order valence-electron chi connectivity index (χ3n) is 3.52. The molecule has 0 aliphatic carbocycles. The number of hydrogen-bond donors (Lipinski definition) is 1. The van der Waals surface area contributed by atoms with E-state index in [1.165, 1.54) is 4.88 Å². The predicted molar refractivity (Wildman–Crippen MR) is 96.2 cm³/mol. The highest BCUT2D eigenvalue weighted by Gasteiger charge is 2.10. The number of ether oxygens (including phenoxy) is 1. The molecule has 6 heteroatoms. The van der Waals surface area contributed by atoms with E-state index in [9.17, 15) is 0 Å². The lowest BCUT2D eigenvalue weighted by molar-refractivity contribution is 0.396. The van der Waals surface area contributed by atoms with Gasteiger partial charge in [-0.05, 0) is 12.5 Å². The topological polar surface area (TPSA) is 49.8 Å². The van der Waals surface area contributed by atoms with Gasteiger partial charge in [0.25, 0.3) is 0 Å². The largest absolute Gasteiger partial charge is 0.496 e. The molecule has 0 saturated carbocycles. The number of methoxy groups -OCH3 is 1. The van der Waals surface area contributed by atoms with Crippen LogP contribution in [0.3, 0.4) is 0 Å². The molecule has 0 spiro atoms. The number of hydrogen-bond acceptors (Lipinski definition) is 4. The van der Waals surface area contributed by atoms with Crippen molar-refractivity contribution in [1.29, 1.82) is 0 Å². The minimum absolute atomic E-state index is 0.688. The molecule has 124 valence electrons. The summed E-state index contributed by atoms with van der Waals surface area (Å²) in [7, 11) is 5.50. The second-order valence-electron chi connectivity index (χ2n) is 5.14. The monoisotopic (exact) mass is 332 g/mol. The molecule has 5 nitrogen and oxygen atoms in total. The van der Waals surface area contributed by atoms with E-state index in [1.807, 2.05) is 31.4 Å². The van der Waals surface area contributed by atoms with Gasteiger partial charge in [0, 0.05) is 37.3 Å². The summed E-state index contributed by atoms with van der Waals surface area (Å²) in [6.07, 6.45) is 2.98. The number of nitrogens with one attached hydrogen (secondary N) is 1. The molecule has 1 N–H and O–H groups in total. The summed E-state index contributed by atoms with van der Waals surface area (Å²) in [6.45, 7) is 3.56. The van der Waals surface area contributed by atoms with Gasteiger partial charge < -0.3 is 15.0 Å². The fourth-order valence-electron chi connectivity index (χ4n) is 2.30. The molecular weight excluding hydrogens is 308 g/mol. The van der Waals surface area contributed by atoms with Gasteiger partial charge in [0.1, 0.15) is 10.8 Å². The van der Waals surface area contributed by atoms with Gasteiger partial charge in [0.2, 0.25) is 0 Å². The first kappa shape index (κ1) is 17.3. The van der Waals surface area contributed by atoms with E-state index in [0.717, 1.165) is 35.2 Å². The van der Waals surface area contributed by atoms with E-state index < -0.39 is 0 Å². The van der Waals surface area contributed by atoms with Crippen LogP contribution < -0.4 is 10.1 Å². The number of thiazole rings is 1. The summed E-state index contributed by atoms with van der Waals surface area (Å²) in [5.41, 5.74) is 1.13. The fourth-order valence-corrected chi connectivity index (χ4v) is 3.10. The quantitative estimate of drug-likeness (QED) is 0.653. The van der Waals surface area contributed by atoms with Gasteiger partial charge >= 0.3 is 0 Å². The lowest BCUT2D eigenvalue weighted by atomic mass is 10.2. The number of aromatic nitrogens is 1. The highest BCUT2D eigenvalue weighted by Crippen LogP contribution is 2.19. The minimum Gasteiger partial charge on any atom is -0.496 e. The summed E-state index contributed by atoms with van der Waals surface area (Å²) in [6, 6.07) is 8.03. The van der Waals surface area contributed by atoms with E-state index in [1.54, 1.807) is 25.5 Å². The second kappa shape index (κ2) is 8.53. The molecule has 1 heterocycles. The summed E-state index contributed by atoms with van der Waals surface area (Å²) < 4.78 is 5.41. The number of para-hydroxylation sites is 1. The molecular formula is C17H24N4OS.